The summed E-state index contributed by atoms with van der Waals surface area (Å²) in [5.74, 6) is 0.369. The van der Waals surface area contributed by atoms with Crippen molar-refractivity contribution in [2.45, 2.75) is 13.8 Å². The summed E-state index contributed by atoms with van der Waals surface area (Å²) in [5.41, 5.74) is 3.83. The van der Waals surface area contributed by atoms with Crippen LogP contribution in [0.5, 0.6) is 5.75 Å². The third kappa shape index (κ3) is 6.10. The molecule has 0 radical (unpaired) electrons. The molecule has 3 N–H and O–H groups in total. The number of nitrogens with one attached hydrogen (secondary N) is 3. The third-order valence-corrected chi connectivity index (χ3v) is 4.33. The quantitative estimate of drug-likeness (QED) is 0.509. The van der Waals surface area contributed by atoms with Crippen molar-refractivity contribution in [2.75, 3.05) is 29.1 Å². The van der Waals surface area contributed by atoms with Crippen LogP contribution in [0.3, 0.4) is 0 Å². The van der Waals surface area contributed by atoms with E-state index in [0.717, 1.165) is 17.0 Å². The molecule has 0 saturated heterocycles. The SMILES string of the molecule is CCOc1ccc(NC(=O)c2ccc(NC(=O)CNc3cccc(C)c3)cc2)cc1. The zero-order valence-electron chi connectivity index (χ0n) is 17.1. The minimum absolute atomic E-state index is 0.156. The van der Waals surface area contributed by atoms with Crippen LogP contribution in [0.2, 0.25) is 0 Å². The summed E-state index contributed by atoms with van der Waals surface area (Å²) in [7, 11) is 0. The van der Waals surface area contributed by atoms with Gasteiger partial charge in [-0.25, -0.2) is 0 Å². The molecular weight excluding hydrogens is 378 g/mol. The topological polar surface area (TPSA) is 79.5 Å². The molecule has 2 amide bonds. The fourth-order valence-corrected chi connectivity index (χ4v) is 2.85. The molecule has 0 aliphatic heterocycles. The van der Waals surface area contributed by atoms with Gasteiger partial charge >= 0.3 is 0 Å². The Labute approximate surface area is 176 Å². The van der Waals surface area contributed by atoms with Crippen molar-refractivity contribution in [3.8, 4) is 5.75 Å². The molecule has 0 fully saturated rings. The highest BCUT2D eigenvalue weighted by Gasteiger charge is 2.08. The van der Waals surface area contributed by atoms with Gasteiger partial charge in [0.1, 0.15) is 5.75 Å². The van der Waals surface area contributed by atoms with Crippen molar-refractivity contribution >= 4 is 28.9 Å². The molecule has 0 bridgehead atoms. The van der Waals surface area contributed by atoms with E-state index < -0.39 is 0 Å². The number of aryl methyl sites for hydroxylation is 1. The van der Waals surface area contributed by atoms with Crippen LogP contribution in [-0.4, -0.2) is 25.0 Å². The lowest BCUT2D eigenvalue weighted by Gasteiger charge is -2.10. The van der Waals surface area contributed by atoms with E-state index in [0.29, 0.717) is 23.5 Å². The lowest BCUT2D eigenvalue weighted by molar-refractivity contribution is -0.114. The summed E-state index contributed by atoms with van der Waals surface area (Å²) >= 11 is 0. The number of carbonyl (C=O) groups excluding carboxylic acids is 2. The van der Waals surface area contributed by atoms with Gasteiger partial charge < -0.3 is 20.7 Å². The van der Waals surface area contributed by atoms with Crippen LogP contribution in [-0.2, 0) is 4.79 Å². The number of ether oxygens (including phenoxy) is 1. The second kappa shape index (κ2) is 10.1. The molecule has 6 heteroatoms. The zero-order chi connectivity index (χ0) is 21.3. The summed E-state index contributed by atoms with van der Waals surface area (Å²) in [6.45, 7) is 4.67. The number of hydrogen-bond acceptors (Lipinski definition) is 4. The van der Waals surface area contributed by atoms with E-state index in [1.165, 1.54) is 0 Å². The first-order valence-corrected chi connectivity index (χ1v) is 9.78. The summed E-state index contributed by atoms with van der Waals surface area (Å²) in [5, 5.41) is 8.74. The van der Waals surface area contributed by atoms with Gasteiger partial charge in [0.2, 0.25) is 5.91 Å². The molecule has 6 nitrogen and oxygen atoms in total. The van der Waals surface area contributed by atoms with Crippen molar-refractivity contribution in [1.29, 1.82) is 0 Å². The average molecular weight is 403 g/mol. The fourth-order valence-electron chi connectivity index (χ4n) is 2.85. The number of anilines is 3. The van der Waals surface area contributed by atoms with Gasteiger partial charge in [0.25, 0.3) is 5.91 Å². The number of carbonyl (C=O) groups is 2. The summed E-state index contributed by atoms with van der Waals surface area (Å²) in [6, 6.07) is 21.8. The summed E-state index contributed by atoms with van der Waals surface area (Å²) in [4.78, 5) is 24.5. The summed E-state index contributed by atoms with van der Waals surface area (Å²) < 4.78 is 5.39. The van der Waals surface area contributed by atoms with Crippen LogP contribution in [0.1, 0.15) is 22.8 Å². The number of benzene rings is 3. The Kier molecular flexibility index (Phi) is 7.05. The van der Waals surface area contributed by atoms with Crippen LogP contribution in [0.4, 0.5) is 17.1 Å². The van der Waals surface area contributed by atoms with Gasteiger partial charge in [-0.2, -0.15) is 0 Å². The van der Waals surface area contributed by atoms with Crippen molar-refractivity contribution in [3.05, 3.63) is 83.9 Å². The van der Waals surface area contributed by atoms with Crippen molar-refractivity contribution in [1.82, 2.24) is 0 Å². The highest BCUT2D eigenvalue weighted by atomic mass is 16.5. The van der Waals surface area contributed by atoms with Gasteiger partial charge in [0, 0.05) is 22.6 Å². The van der Waals surface area contributed by atoms with E-state index in [-0.39, 0.29) is 18.4 Å². The minimum Gasteiger partial charge on any atom is -0.494 e. The molecule has 3 rings (SSSR count). The molecule has 154 valence electrons. The normalized spacial score (nSPS) is 10.2. The average Bonchev–Trinajstić information content (AvgIpc) is 2.74. The number of hydrogen-bond donors (Lipinski definition) is 3. The molecule has 3 aromatic carbocycles. The van der Waals surface area contributed by atoms with Gasteiger partial charge in [-0.05, 0) is 80.1 Å². The Morgan fingerprint density at radius 3 is 2.17 bits per heavy atom. The molecule has 3 aromatic rings. The minimum atomic E-state index is -0.224. The Morgan fingerprint density at radius 1 is 0.833 bits per heavy atom. The van der Waals surface area contributed by atoms with E-state index in [4.69, 9.17) is 4.74 Å². The summed E-state index contributed by atoms with van der Waals surface area (Å²) in [6.07, 6.45) is 0. The monoisotopic (exact) mass is 403 g/mol. The van der Waals surface area contributed by atoms with Crippen molar-refractivity contribution in [2.24, 2.45) is 0 Å². The van der Waals surface area contributed by atoms with Crippen LogP contribution in [0, 0.1) is 6.92 Å². The highest BCUT2D eigenvalue weighted by molar-refractivity contribution is 6.04. The van der Waals surface area contributed by atoms with Gasteiger partial charge in [-0.15, -0.1) is 0 Å². The fraction of sp³-hybridized carbons (Fsp3) is 0.167. The first-order valence-electron chi connectivity index (χ1n) is 9.78. The first-order chi connectivity index (χ1) is 14.5. The molecule has 30 heavy (non-hydrogen) atoms. The Hall–Kier alpha value is -3.80. The second-order valence-corrected chi connectivity index (χ2v) is 6.76. The predicted octanol–water partition coefficient (Wildman–Crippen LogP) is 4.70. The standard InChI is InChI=1S/C24H25N3O3/c1-3-30-22-13-11-20(12-14-22)27-24(29)18-7-9-19(10-8-18)26-23(28)16-25-21-6-4-5-17(2)15-21/h4-15,25H,3,16H2,1-2H3,(H,26,28)(H,27,29). The molecule has 0 heterocycles. The van der Waals surface area contributed by atoms with Gasteiger partial charge in [-0.1, -0.05) is 12.1 Å². The van der Waals surface area contributed by atoms with E-state index >= 15 is 0 Å². The lowest BCUT2D eigenvalue weighted by atomic mass is 10.2. The van der Waals surface area contributed by atoms with Crippen LogP contribution in [0.15, 0.2) is 72.8 Å². The molecule has 0 aliphatic rings. The molecule has 0 atom stereocenters. The number of rotatable bonds is 8. The molecule has 0 aliphatic carbocycles. The molecular formula is C24H25N3O3. The van der Waals surface area contributed by atoms with E-state index in [1.54, 1.807) is 36.4 Å². The van der Waals surface area contributed by atoms with Gasteiger partial charge in [0.15, 0.2) is 0 Å². The van der Waals surface area contributed by atoms with Crippen LogP contribution < -0.4 is 20.7 Å². The maximum atomic E-state index is 12.4. The highest BCUT2D eigenvalue weighted by Crippen LogP contribution is 2.17. The van der Waals surface area contributed by atoms with Gasteiger partial charge in [-0.3, -0.25) is 9.59 Å². The van der Waals surface area contributed by atoms with Gasteiger partial charge in [0.05, 0.1) is 13.2 Å². The Morgan fingerprint density at radius 2 is 1.50 bits per heavy atom. The Bertz CT molecular complexity index is 999. The Balaban J connectivity index is 1.51. The van der Waals surface area contributed by atoms with Crippen molar-refractivity contribution < 1.29 is 14.3 Å². The number of amides is 2. The smallest absolute Gasteiger partial charge is 0.255 e. The maximum absolute atomic E-state index is 12.4. The van der Waals surface area contributed by atoms with E-state index in [1.807, 2.05) is 50.2 Å². The van der Waals surface area contributed by atoms with E-state index in [2.05, 4.69) is 16.0 Å². The van der Waals surface area contributed by atoms with Crippen molar-refractivity contribution in [3.63, 3.8) is 0 Å². The predicted molar refractivity (Wildman–Crippen MR) is 120 cm³/mol. The second-order valence-electron chi connectivity index (χ2n) is 6.76. The lowest BCUT2D eigenvalue weighted by Crippen LogP contribution is -2.21. The first kappa shape index (κ1) is 20.9. The molecule has 0 saturated carbocycles. The van der Waals surface area contributed by atoms with Crippen LogP contribution in [0.25, 0.3) is 0 Å². The molecule has 0 unspecified atom stereocenters. The third-order valence-electron chi connectivity index (χ3n) is 4.33. The molecule has 0 spiro atoms. The van der Waals surface area contributed by atoms with E-state index in [9.17, 15) is 9.59 Å². The zero-order valence-corrected chi connectivity index (χ0v) is 17.1. The maximum Gasteiger partial charge on any atom is 0.255 e. The van der Waals surface area contributed by atoms with Crippen LogP contribution >= 0.6 is 0 Å². The largest absolute Gasteiger partial charge is 0.494 e. The molecule has 0 aromatic heterocycles.